The summed E-state index contributed by atoms with van der Waals surface area (Å²) in [5.41, 5.74) is 1.12. The zero-order valence-electron chi connectivity index (χ0n) is 10.2. The van der Waals surface area contributed by atoms with Crippen LogP contribution in [0, 0.1) is 17.0 Å². The van der Waals surface area contributed by atoms with Crippen molar-refractivity contribution in [2.75, 3.05) is 5.32 Å². The van der Waals surface area contributed by atoms with Gasteiger partial charge in [0, 0.05) is 21.8 Å². The minimum atomic E-state index is -0.524. The van der Waals surface area contributed by atoms with E-state index in [-0.39, 0.29) is 11.5 Å². The molecule has 1 aromatic heterocycles. The molecule has 0 saturated carbocycles. The van der Waals surface area contributed by atoms with Gasteiger partial charge in [-0.05, 0) is 40.5 Å². The second kappa shape index (κ2) is 5.95. The zero-order valence-corrected chi connectivity index (χ0v) is 13.3. The summed E-state index contributed by atoms with van der Waals surface area (Å²) in [4.78, 5) is 14.5. The van der Waals surface area contributed by atoms with Gasteiger partial charge in [-0.2, -0.15) is 0 Å². The number of rotatable bonds is 3. The van der Waals surface area contributed by atoms with Gasteiger partial charge in [0.15, 0.2) is 0 Å². The molecule has 0 aliphatic rings. The lowest BCUT2D eigenvalue weighted by molar-refractivity contribution is -0.384. The SMILES string of the molecule is Cc1cc(Cl)c(Nc2ncc(Br)cc2[N+](=O)[O-])cc1Cl. The van der Waals surface area contributed by atoms with E-state index in [4.69, 9.17) is 23.2 Å². The number of hydrogen-bond acceptors (Lipinski definition) is 4. The topological polar surface area (TPSA) is 68.1 Å². The van der Waals surface area contributed by atoms with Crippen LogP contribution in [0.5, 0.6) is 0 Å². The van der Waals surface area contributed by atoms with E-state index in [2.05, 4.69) is 26.2 Å². The van der Waals surface area contributed by atoms with E-state index in [1.54, 1.807) is 12.1 Å². The molecule has 1 aromatic carbocycles. The Hall–Kier alpha value is -1.37. The number of hydrogen-bond donors (Lipinski definition) is 1. The molecule has 0 atom stereocenters. The predicted octanol–water partition coefficient (Wildman–Crippen LogP) is 5.11. The normalized spacial score (nSPS) is 10.4. The Balaban J connectivity index is 2.45. The Morgan fingerprint density at radius 3 is 2.65 bits per heavy atom. The molecule has 20 heavy (non-hydrogen) atoms. The Morgan fingerprint density at radius 1 is 1.30 bits per heavy atom. The summed E-state index contributed by atoms with van der Waals surface area (Å²) in [6.45, 7) is 1.82. The van der Waals surface area contributed by atoms with Crippen molar-refractivity contribution in [1.29, 1.82) is 0 Å². The van der Waals surface area contributed by atoms with Crippen LogP contribution in [0.2, 0.25) is 10.0 Å². The summed E-state index contributed by atoms with van der Waals surface area (Å²) in [5, 5.41) is 14.8. The van der Waals surface area contributed by atoms with E-state index >= 15 is 0 Å². The van der Waals surface area contributed by atoms with Crippen molar-refractivity contribution in [2.24, 2.45) is 0 Å². The Labute approximate surface area is 133 Å². The summed E-state index contributed by atoms with van der Waals surface area (Å²) in [6.07, 6.45) is 1.46. The van der Waals surface area contributed by atoms with Gasteiger partial charge in [0.25, 0.3) is 0 Å². The van der Waals surface area contributed by atoms with Gasteiger partial charge in [0.05, 0.1) is 15.6 Å². The van der Waals surface area contributed by atoms with Gasteiger partial charge in [-0.15, -0.1) is 0 Å². The van der Waals surface area contributed by atoms with Crippen molar-refractivity contribution in [3.63, 3.8) is 0 Å². The van der Waals surface area contributed by atoms with Gasteiger partial charge >= 0.3 is 5.69 Å². The van der Waals surface area contributed by atoms with E-state index in [1.807, 2.05) is 6.92 Å². The molecule has 0 spiro atoms. The standard InChI is InChI=1S/C12H8BrCl2N3O2/c1-6-2-9(15)10(4-8(6)14)17-12-11(18(19)20)3-7(13)5-16-12/h2-5H,1H3,(H,16,17). The lowest BCUT2D eigenvalue weighted by Gasteiger charge is -2.10. The molecule has 5 nitrogen and oxygen atoms in total. The highest BCUT2D eigenvalue weighted by atomic mass is 79.9. The van der Waals surface area contributed by atoms with Gasteiger partial charge < -0.3 is 5.32 Å². The smallest absolute Gasteiger partial charge is 0.312 e. The number of halogens is 3. The van der Waals surface area contributed by atoms with Gasteiger partial charge in [-0.3, -0.25) is 10.1 Å². The molecule has 1 heterocycles. The van der Waals surface area contributed by atoms with Crippen molar-refractivity contribution >= 4 is 56.3 Å². The van der Waals surface area contributed by atoms with Crippen LogP contribution in [0.15, 0.2) is 28.9 Å². The molecule has 0 aliphatic heterocycles. The lowest BCUT2D eigenvalue weighted by Crippen LogP contribution is -2.00. The first kappa shape index (κ1) is 15.0. The summed E-state index contributed by atoms with van der Waals surface area (Å²) in [5.74, 6) is 0.0972. The average molecular weight is 377 g/mol. The third-order valence-corrected chi connectivity index (χ3v) is 3.69. The number of benzene rings is 1. The molecule has 0 unspecified atom stereocenters. The fourth-order valence-corrected chi connectivity index (χ4v) is 2.28. The maximum absolute atomic E-state index is 11.0. The first-order valence-corrected chi connectivity index (χ1v) is 6.96. The molecule has 0 saturated heterocycles. The molecule has 0 bridgehead atoms. The maximum atomic E-state index is 11.0. The molecule has 0 radical (unpaired) electrons. The van der Waals surface area contributed by atoms with E-state index < -0.39 is 4.92 Å². The fourth-order valence-electron chi connectivity index (χ4n) is 1.53. The molecule has 0 fully saturated rings. The first-order valence-electron chi connectivity index (χ1n) is 5.41. The summed E-state index contributed by atoms with van der Waals surface area (Å²) in [6, 6.07) is 4.64. The second-order valence-corrected chi connectivity index (χ2v) is 5.71. The molecule has 2 rings (SSSR count). The summed E-state index contributed by atoms with van der Waals surface area (Å²) in [7, 11) is 0. The van der Waals surface area contributed by atoms with Crippen LogP contribution < -0.4 is 5.32 Å². The molecular weight excluding hydrogens is 369 g/mol. The van der Waals surface area contributed by atoms with Crippen LogP contribution in [0.1, 0.15) is 5.56 Å². The summed E-state index contributed by atoms with van der Waals surface area (Å²) >= 11 is 15.2. The number of pyridine rings is 1. The average Bonchev–Trinajstić information content (AvgIpc) is 2.37. The number of aromatic nitrogens is 1. The lowest BCUT2D eigenvalue weighted by atomic mass is 10.2. The largest absolute Gasteiger partial charge is 0.333 e. The third kappa shape index (κ3) is 3.20. The third-order valence-electron chi connectivity index (χ3n) is 2.53. The molecular formula is C12H8BrCl2N3O2. The maximum Gasteiger partial charge on any atom is 0.312 e. The van der Waals surface area contributed by atoms with Crippen LogP contribution in [0.3, 0.4) is 0 Å². The van der Waals surface area contributed by atoms with Crippen LogP contribution >= 0.6 is 39.1 Å². The van der Waals surface area contributed by atoms with Gasteiger partial charge in [-0.1, -0.05) is 23.2 Å². The first-order chi connectivity index (χ1) is 9.38. The number of aryl methyl sites for hydroxylation is 1. The van der Waals surface area contributed by atoms with Crippen LogP contribution in [-0.2, 0) is 0 Å². The predicted molar refractivity (Wildman–Crippen MR) is 83.1 cm³/mol. The fraction of sp³-hybridized carbons (Fsp3) is 0.0833. The summed E-state index contributed by atoms with van der Waals surface area (Å²) < 4.78 is 0.516. The molecule has 0 aliphatic carbocycles. The molecule has 104 valence electrons. The molecule has 1 N–H and O–H groups in total. The van der Waals surface area contributed by atoms with Crippen molar-refractivity contribution in [3.8, 4) is 0 Å². The second-order valence-electron chi connectivity index (χ2n) is 3.98. The minimum absolute atomic E-state index is 0.0972. The molecule has 2 aromatic rings. The van der Waals surface area contributed by atoms with Gasteiger partial charge in [0.2, 0.25) is 5.82 Å². The van der Waals surface area contributed by atoms with E-state index in [0.29, 0.717) is 20.2 Å². The molecule has 0 amide bonds. The quantitative estimate of drug-likeness (QED) is 0.596. The number of nitrogens with zero attached hydrogens (tertiary/aromatic N) is 2. The highest BCUT2D eigenvalue weighted by molar-refractivity contribution is 9.10. The van der Waals surface area contributed by atoms with Crippen molar-refractivity contribution in [2.45, 2.75) is 6.92 Å². The van der Waals surface area contributed by atoms with Crippen LogP contribution in [0.25, 0.3) is 0 Å². The van der Waals surface area contributed by atoms with Crippen LogP contribution in [-0.4, -0.2) is 9.91 Å². The monoisotopic (exact) mass is 375 g/mol. The number of nitro groups is 1. The zero-order chi connectivity index (χ0) is 14.9. The number of nitrogens with one attached hydrogen (secondary N) is 1. The van der Waals surface area contributed by atoms with Crippen molar-refractivity contribution in [1.82, 2.24) is 4.98 Å². The van der Waals surface area contributed by atoms with Gasteiger partial charge in [0.1, 0.15) is 0 Å². The minimum Gasteiger partial charge on any atom is -0.333 e. The Morgan fingerprint density at radius 2 is 2.00 bits per heavy atom. The van der Waals surface area contributed by atoms with Crippen molar-refractivity contribution < 1.29 is 4.92 Å². The van der Waals surface area contributed by atoms with Crippen LogP contribution in [0.4, 0.5) is 17.2 Å². The molecule has 8 heteroatoms. The highest BCUT2D eigenvalue weighted by Gasteiger charge is 2.17. The van der Waals surface area contributed by atoms with E-state index in [0.717, 1.165) is 5.56 Å². The highest BCUT2D eigenvalue weighted by Crippen LogP contribution is 2.34. The number of anilines is 2. The van der Waals surface area contributed by atoms with E-state index in [1.165, 1.54) is 12.3 Å². The Bertz CT molecular complexity index is 695. The Kier molecular flexibility index (Phi) is 4.47. The van der Waals surface area contributed by atoms with Gasteiger partial charge in [-0.25, -0.2) is 4.98 Å². The van der Waals surface area contributed by atoms with E-state index in [9.17, 15) is 10.1 Å². The van der Waals surface area contributed by atoms with Crippen molar-refractivity contribution in [3.05, 3.63) is 54.6 Å².